The normalized spacial score (nSPS) is 13.4. The Morgan fingerprint density at radius 2 is 1.63 bits per heavy atom. The molecule has 0 radical (unpaired) electrons. The summed E-state index contributed by atoms with van der Waals surface area (Å²) in [5.74, 6) is -2.75. The summed E-state index contributed by atoms with van der Waals surface area (Å²) in [6, 6.07) is 14.2. The molecule has 3 rings (SSSR count). The summed E-state index contributed by atoms with van der Waals surface area (Å²) in [4.78, 5) is 37.5. The molecule has 2 aromatic rings. The van der Waals surface area contributed by atoms with E-state index < -0.39 is 52.8 Å². The van der Waals surface area contributed by atoms with Gasteiger partial charge in [0.15, 0.2) is 0 Å². The Morgan fingerprint density at radius 3 is 2.14 bits per heavy atom. The molecule has 1 atom stereocenters. The first-order valence-electron chi connectivity index (χ1n) is 11.0. The predicted octanol–water partition coefficient (Wildman–Crippen LogP) is 1.23. The highest BCUT2D eigenvalue weighted by molar-refractivity contribution is 7.90. The van der Waals surface area contributed by atoms with E-state index in [0.717, 1.165) is 33.4 Å². The summed E-state index contributed by atoms with van der Waals surface area (Å²) < 4.78 is 28.7. The fraction of sp³-hybridized carbons (Fsp3) is 0.375. The van der Waals surface area contributed by atoms with Gasteiger partial charge in [0.2, 0.25) is 5.91 Å². The molecule has 10 nitrogen and oxygen atoms in total. The van der Waals surface area contributed by atoms with Gasteiger partial charge >= 0.3 is 12.1 Å². The monoisotopic (exact) mass is 504 g/mol. The third-order valence-corrected chi connectivity index (χ3v) is 6.70. The van der Waals surface area contributed by atoms with E-state index in [1.165, 1.54) is 0 Å². The highest BCUT2D eigenvalue weighted by atomic mass is 32.2. The van der Waals surface area contributed by atoms with Crippen LogP contribution in [0.2, 0.25) is 0 Å². The minimum Gasteiger partial charge on any atom is -0.480 e. The van der Waals surface area contributed by atoms with Gasteiger partial charge in [0.25, 0.3) is 0 Å². The summed E-state index contributed by atoms with van der Waals surface area (Å²) in [6.07, 6.45) is -0.216. The quantitative estimate of drug-likeness (QED) is 0.414. The molecular weight excluding hydrogens is 476 g/mol. The molecule has 11 heteroatoms. The maximum Gasteiger partial charge on any atom is 0.407 e. The lowest BCUT2D eigenvalue weighted by molar-refractivity contribution is -0.145. The van der Waals surface area contributed by atoms with Gasteiger partial charge in [0.1, 0.15) is 29.0 Å². The van der Waals surface area contributed by atoms with Gasteiger partial charge < -0.3 is 25.2 Å². The van der Waals surface area contributed by atoms with Crippen LogP contribution in [0.1, 0.15) is 23.5 Å². The number of aliphatic hydroxyl groups is 1. The first kappa shape index (κ1) is 26.2. The van der Waals surface area contributed by atoms with Crippen molar-refractivity contribution in [3.05, 3.63) is 59.7 Å². The van der Waals surface area contributed by atoms with Crippen LogP contribution >= 0.6 is 0 Å². The van der Waals surface area contributed by atoms with Crippen LogP contribution in [-0.2, 0) is 24.2 Å². The molecule has 0 aromatic heterocycles. The molecule has 2 aromatic carbocycles. The number of amides is 2. The molecule has 1 unspecified atom stereocenters. The van der Waals surface area contributed by atoms with Crippen molar-refractivity contribution in [2.24, 2.45) is 0 Å². The minimum absolute atomic E-state index is 0.0116. The molecule has 0 heterocycles. The smallest absolute Gasteiger partial charge is 0.407 e. The lowest BCUT2D eigenvalue weighted by Gasteiger charge is -2.26. The van der Waals surface area contributed by atoms with Crippen LogP contribution in [0.15, 0.2) is 48.5 Å². The van der Waals surface area contributed by atoms with Crippen LogP contribution in [0.3, 0.4) is 0 Å². The van der Waals surface area contributed by atoms with Crippen LogP contribution in [0.5, 0.6) is 0 Å². The topological polar surface area (TPSA) is 150 Å². The zero-order valence-corrected chi connectivity index (χ0v) is 20.0. The Hall–Kier alpha value is -3.44. The fourth-order valence-electron chi connectivity index (χ4n) is 4.14. The number of ether oxygens (including phenoxy) is 1. The van der Waals surface area contributed by atoms with E-state index in [4.69, 9.17) is 9.84 Å². The molecule has 1 aliphatic rings. The second kappa shape index (κ2) is 11.3. The van der Waals surface area contributed by atoms with Gasteiger partial charge in [-0.25, -0.2) is 13.2 Å². The summed E-state index contributed by atoms with van der Waals surface area (Å²) in [5, 5.41) is 20.6. The van der Waals surface area contributed by atoms with Crippen LogP contribution < -0.4 is 5.32 Å². The summed E-state index contributed by atoms with van der Waals surface area (Å²) >= 11 is 0. The standard InChI is InChI=1S/C24H28N2O8S/c1-35(32,33)13-10-21(23(30)26(11-12-27)14-22(28)29)25-24(31)34-15-20-18-8-4-2-6-16(18)17-7-3-5-9-19(17)20/h2-9,20-21,27H,10-15H2,1H3,(H,25,31)(H,28,29). The number of carboxylic acid groups (broad SMARTS) is 1. The molecule has 1 aliphatic carbocycles. The number of aliphatic carboxylic acids is 1. The zero-order chi connectivity index (χ0) is 25.6. The van der Waals surface area contributed by atoms with Gasteiger partial charge in [-0.1, -0.05) is 48.5 Å². The van der Waals surface area contributed by atoms with E-state index >= 15 is 0 Å². The van der Waals surface area contributed by atoms with Crippen LogP contribution in [0.4, 0.5) is 4.79 Å². The van der Waals surface area contributed by atoms with Crippen LogP contribution in [0.25, 0.3) is 11.1 Å². The Balaban J connectivity index is 1.73. The van der Waals surface area contributed by atoms with Gasteiger partial charge in [0, 0.05) is 18.7 Å². The molecule has 0 bridgehead atoms. The SMILES string of the molecule is CS(=O)(=O)CCC(NC(=O)OCC1c2ccccc2-c2ccccc21)C(=O)N(CCO)CC(=O)O. The van der Waals surface area contributed by atoms with E-state index in [2.05, 4.69) is 5.32 Å². The van der Waals surface area contributed by atoms with Gasteiger partial charge in [0.05, 0.1) is 12.4 Å². The van der Waals surface area contributed by atoms with Crippen molar-refractivity contribution < 1.29 is 37.8 Å². The third-order valence-electron chi connectivity index (χ3n) is 5.72. The molecule has 0 saturated heterocycles. The number of benzene rings is 2. The third kappa shape index (κ3) is 6.80. The minimum atomic E-state index is -3.47. The fourth-order valence-corrected chi connectivity index (χ4v) is 4.81. The summed E-state index contributed by atoms with van der Waals surface area (Å²) in [6.45, 7) is -1.50. The Labute approximate surface area is 203 Å². The Morgan fingerprint density at radius 1 is 1.06 bits per heavy atom. The van der Waals surface area contributed by atoms with E-state index in [1.807, 2.05) is 48.5 Å². The maximum absolute atomic E-state index is 12.9. The first-order chi connectivity index (χ1) is 16.6. The Bertz CT molecular complexity index is 1150. The number of rotatable bonds is 11. The number of alkyl carbamates (subject to hydrolysis) is 1. The number of hydrogen-bond acceptors (Lipinski definition) is 7. The lowest BCUT2D eigenvalue weighted by Crippen LogP contribution is -2.51. The molecular formula is C24H28N2O8S. The van der Waals surface area contributed by atoms with Crippen LogP contribution in [-0.4, -0.2) is 85.9 Å². The molecule has 35 heavy (non-hydrogen) atoms. The molecule has 2 amide bonds. The molecule has 188 valence electrons. The molecule has 0 spiro atoms. The number of nitrogens with zero attached hydrogens (tertiary/aromatic N) is 1. The first-order valence-corrected chi connectivity index (χ1v) is 13.1. The van der Waals surface area contributed by atoms with E-state index in [1.54, 1.807) is 0 Å². The summed E-state index contributed by atoms with van der Waals surface area (Å²) in [5.41, 5.74) is 4.10. The number of hydrogen-bond donors (Lipinski definition) is 3. The van der Waals surface area contributed by atoms with Gasteiger partial charge in [-0.2, -0.15) is 0 Å². The Kier molecular flexibility index (Phi) is 8.47. The highest BCUT2D eigenvalue weighted by Crippen LogP contribution is 2.44. The van der Waals surface area contributed by atoms with Crippen molar-refractivity contribution >= 4 is 27.8 Å². The van der Waals surface area contributed by atoms with Gasteiger partial charge in [-0.3, -0.25) is 9.59 Å². The number of aliphatic hydroxyl groups excluding tert-OH is 1. The molecule has 0 fully saturated rings. The van der Waals surface area contributed by atoms with Crippen molar-refractivity contribution in [3.8, 4) is 11.1 Å². The number of sulfone groups is 1. The predicted molar refractivity (Wildman–Crippen MR) is 128 cm³/mol. The number of fused-ring (bicyclic) bond motifs is 3. The molecule has 0 aliphatic heterocycles. The van der Waals surface area contributed by atoms with Gasteiger partial charge in [-0.05, 0) is 28.7 Å². The number of carbonyl (C=O) groups excluding carboxylic acids is 2. The average Bonchev–Trinajstić information content (AvgIpc) is 3.12. The van der Waals surface area contributed by atoms with Crippen molar-refractivity contribution in [3.63, 3.8) is 0 Å². The van der Waals surface area contributed by atoms with E-state index in [9.17, 15) is 27.9 Å². The number of carbonyl (C=O) groups is 3. The number of nitrogens with one attached hydrogen (secondary N) is 1. The average molecular weight is 505 g/mol. The molecule has 3 N–H and O–H groups in total. The maximum atomic E-state index is 12.9. The highest BCUT2D eigenvalue weighted by Gasteiger charge is 2.31. The second-order valence-electron chi connectivity index (χ2n) is 8.32. The summed E-state index contributed by atoms with van der Waals surface area (Å²) in [7, 11) is -3.47. The van der Waals surface area contributed by atoms with Crippen molar-refractivity contribution in [1.82, 2.24) is 10.2 Å². The number of carboxylic acids is 1. The second-order valence-corrected chi connectivity index (χ2v) is 10.6. The molecule has 0 saturated carbocycles. The van der Waals surface area contributed by atoms with Crippen molar-refractivity contribution in [1.29, 1.82) is 0 Å². The van der Waals surface area contributed by atoms with Gasteiger partial charge in [-0.15, -0.1) is 0 Å². The van der Waals surface area contributed by atoms with E-state index in [0.29, 0.717) is 0 Å². The van der Waals surface area contributed by atoms with E-state index in [-0.39, 0.29) is 25.5 Å². The van der Waals surface area contributed by atoms with Crippen molar-refractivity contribution in [2.75, 3.05) is 38.3 Å². The lowest BCUT2D eigenvalue weighted by atomic mass is 9.98. The van der Waals surface area contributed by atoms with Crippen molar-refractivity contribution in [2.45, 2.75) is 18.4 Å². The zero-order valence-electron chi connectivity index (χ0n) is 19.2. The van der Waals surface area contributed by atoms with Crippen LogP contribution in [0, 0.1) is 0 Å². The largest absolute Gasteiger partial charge is 0.480 e.